The van der Waals surface area contributed by atoms with Gasteiger partial charge in [0.25, 0.3) is 0 Å². The Bertz CT molecular complexity index is 1440. The van der Waals surface area contributed by atoms with Crippen LogP contribution in [0.1, 0.15) is 0 Å². The predicted octanol–water partition coefficient (Wildman–Crippen LogP) is 6.87. The van der Waals surface area contributed by atoms with Crippen molar-refractivity contribution in [1.82, 2.24) is 0 Å². The standard InChI is InChI=1S/C31H23P/c1-32(29-20-8-14-23-11-2-5-17-26(23)29,30-21-9-15-24-12-3-6-18-27(24)30)31-22-10-16-25-13-4-7-19-28(25)31/h2-22H,1H2. The van der Waals surface area contributed by atoms with Crippen molar-refractivity contribution in [3.63, 3.8) is 0 Å². The lowest BCUT2D eigenvalue weighted by Gasteiger charge is -2.30. The normalized spacial score (nSPS) is 11.9. The smallest absolute Gasteiger partial charge is 0.00869 e. The molecular weight excluding hydrogens is 403 g/mol. The fourth-order valence-corrected chi connectivity index (χ4v) is 8.66. The van der Waals surface area contributed by atoms with E-state index in [0.717, 1.165) is 0 Å². The number of benzene rings is 6. The molecule has 0 fully saturated rings. The molecule has 0 heterocycles. The predicted molar refractivity (Wildman–Crippen MR) is 145 cm³/mol. The topological polar surface area (TPSA) is 0 Å². The summed E-state index contributed by atoms with van der Waals surface area (Å²) < 4.78 is 0. The van der Waals surface area contributed by atoms with Gasteiger partial charge in [0, 0.05) is 0 Å². The van der Waals surface area contributed by atoms with Gasteiger partial charge in [0.1, 0.15) is 0 Å². The highest BCUT2D eigenvalue weighted by Gasteiger charge is 2.27. The minimum atomic E-state index is -2.21. The van der Waals surface area contributed by atoms with Gasteiger partial charge in [0.2, 0.25) is 0 Å². The van der Waals surface area contributed by atoms with Crippen molar-refractivity contribution in [2.24, 2.45) is 0 Å². The van der Waals surface area contributed by atoms with E-state index in [9.17, 15) is 0 Å². The van der Waals surface area contributed by atoms with E-state index < -0.39 is 6.89 Å². The van der Waals surface area contributed by atoms with Crippen LogP contribution in [0.5, 0.6) is 0 Å². The second-order valence-electron chi connectivity index (χ2n) is 8.30. The van der Waals surface area contributed by atoms with Crippen molar-refractivity contribution < 1.29 is 0 Å². The molecule has 0 atom stereocenters. The quantitative estimate of drug-likeness (QED) is 0.271. The van der Waals surface area contributed by atoms with E-state index in [0.29, 0.717) is 0 Å². The van der Waals surface area contributed by atoms with E-state index in [1.165, 1.54) is 48.2 Å². The van der Waals surface area contributed by atoms with Crippen LogP contribution in [0.2, 0.25) is 0 Å². The molecule has 6 rings (SSSR count). The highest BCUT2D eigenvalue weighted by atomic mass is 31.2. The molecule has 1 heteroatoms. The fourth-order valence-electron chi connectivity index (χ4n) is 5.01. The van der Waals surface area contributed by atoms with E-state index in [4.69, 9.17) is 6.30 Å². The number of fused-ring (bicyclic) bond motifs is 3. The molecule has 0 amide bonds. The molecule has 0 spiro atoms. The molecule has 0 nitrogen and oxygen atoms in total. The van der Waals surface area contributed by atoms with Crippen molar-refractivity contribution in [3.05, 3.63) is 127 Å². The molecule has 0 aliphatic heterocycles. The van der Waals surface area contributed by atoms with Gasteiger partial charge in [-0.25, -0.2) is 0 Å². The Hall–Kier alpha value is -3.60. The van der Waals surface area contributed by atoms with E-state index in [1.54, 1.807) is 0 Å². The van der Waals surface area contributed by atoms with Crippen molar-refractivity contribution in [2.45, 2.75) is 0 Å². The lowest BCUT2D eigenvalue weighted by Crippen LogP contribution is -2.27. The second kappa shape index (κ2) is 7.52. The first kappa shape index (κ1) is 19.1. The fraction of sp³-hybridized carbons (Fsp3) is 0. The molecule has 0 radical (unpaired) electrons. The van der Waals surface area contributed by atoms with Crippen LogP contribution in [-0.4, -0.2) is 6.30 Å². The highest BCUT2D eigenvalue weighted by Crippen LogP contribution is 2.47. The highest BCUT2D eigenvalue weighted by molar-refractivity contribution is 7.94. The summed E-state index contributed by atoms with van der Waals surface area (Å²) >= 11 is 0. The maximum atomic E-state index is 5.14. The minimum absolute atomic E-state index is 1.26. The van der Waals surface area contributed by atoms with Crippen LogP contribution in [-0.2, 0) is 0 Å². The summed E-state index contributed by atoms with van der Waals surface area (Å²) in [4.78, 5) is 0. The summed E-state index contributed by atoms with van der Waals surface area (Å²) in [5.74, 6) is 0. The third kappa shape index (κ3) is 2.84. The molecule has 6 aromatic carbocycles. The Morgan fingerprint density at radius 3 is 0.969 bits per heavy atom. The maximum Gasteiger partial charge on any atom is -0.00869 e. The summed E-state index contributed by atoms with van der Waals surface area (Å²) in [5.41, 5.74) is 0. The zero-order chi connectivity index (χ0) is 21.5. The Morgan fingerprint density at radius 1 is 0.344 bits per heavy atom. The number of hydrogen-bond acceptors (Lipinski definition) is 0. The van der Waals surface area contributed by atoms with E-state index in [-0.39, 0.29) is 0 Å². The first-order valence-electron chi connectivity index (χ1n) is 11.0. The van der Waals surface area contributed by atoms with Crippen LogP contribution in [0.4, 0.5) is 0 Å². The monoisotopic (exact) mass is 426 g/mol. The SMILES string of the molecule is C=P(c1cccc2ccccc12)(c1cccc2ccccc12)c1cccc2ccccc12. The second-order valence-corrected chi connectivity index (χ2v) is 11.4. The number of hydrogen-bond donors (Lipinski definition) is 0. The van der Waals surface area contributed by atoms with Crippen LogP contribution in [0, 0.1) is 0 Å². The van der Waals surface area contributed by atoms with Gasteiger partial charge in [-0.3, -0.25) is 0 Å². The maximum absolute atomic E-state index is 5.14. The van der Waals surface area contributed by atoms with Gasteiger partial charge in [-0.2, -0.15) is 0 Å². The molecule has 152 valence electrons. The molecule has 0 unspecified atom stereocenters. The largest absolute Gasteiger partial charge is 0.0886 e. The minimum Gasteiger partial charge on any atom is -0.0886 e. The summed E-state index contributed by atoms with van der Waals surface area (Å²) in [5, 5.41) is 11.7. The summed E-state index contributed by atoms with van der Waals surface area (Å²) in [7, 11) is 0. The molecule has 32 heavy (non-hydrogen) atoms. The van der Waals surface area contributed by atoms with Gasteiger partial charge in [-0.05, 0) is 55.1 Å². The number of rotatable bonds is 3. The Kier molecular flexibility index (Phi) is 4.49. The van der Waals surface area contributed by atoms with Crippen molar-refractivity contribution in [1.29, 1.82) is 0 Å². The lowest BCUT2D eigenvalue weighted by atomic mass is 10.1. The third-order valence-electron chi connectivity index (χ3n) is 6.53. The molecular formula is C31H23P. The van der Waals surface area contributed by atoms with Crippen LogP contribution in [0.15, 0.2) is 127 Å². The van der Waals surface area contributed by atoms with Gasteiger partial charge >= 0.3 is 0 Å². The molecule has 0 aromatic heterocycles. The Balaban J connectivity index is 1.82. The third-order valence-corrected chi connectivity index (χ3v) is 10.2. The van der Waals surface area contributed by atoms with E-state index >= 15 is 0 Å². The Morgan fingerprint density at radius 2 is 0.625 bits per heavy atom. The van der Waals surface area contributed by atoms with Gasteiger partial charge in [-0.15, -0.1) is 0 Å². The van der Waals surface area contributed by atoms with Gasteiger partial charge in [0.15, 0.2) is 0 Å². The van der Waals surface area contributed by atoms with Gasteiger partial charge in [-0.1, -0.05) is 134 Å². The van der Waals surface area contributed by atoms with Gasteiger partial charge in [0.05, 0.1) is 0 Å². The Labute approximate surface area is 188 Å². The van der Waals surface area contributed by atoms with Crippen LogP contribution >= 0.6 is 6.89 Å². The summed E-state index contributed by atoms with van der Waals surface area (Å²) in [6.45, 7) is -2.21. The van der Waals surface area contributed by atoms with Gasteiger partial charge < -0.3 is 0 Å². The molecule has 6 aromatic rings. The molecule has 0 N–H and O–H groups in total. The molecule has 0 aliphatic carbocycles. The molecule has 0 saturated heterocycles. The first-order valence-corrected chi connectivity index (χ1v) is 12.9. The van der Waals surface area contributed by atoms with E-state index in [2.05, 4.69) is 127 Å². The molecule has 0 aliphatic rings. The van der Waals surface area contributed by atoms with E-state index in [1.807, 2.05) is 0 Å². The van der Waals surface area contributed by atoms with Crippen molar-refractivity contribution in [2.75, 3.05) is 0 Å². The summed E-state index contributed by atoms with van der Waals surface area (Å²) in [6, 6.07) is 46.2. The van der Waals surface area contributed by atoms with Crippen LogP contribution < -0.4 is 15.9 Å². The molecule has 0 bridgehead atoms. The summed E-state index contributed by atoms with van der Waals surface area (Å²) in [6.07, 6.45) is 5.14. The molecule has 0 saturated carbocycles. The van der Waals surface area contributed by atoms with Crippen molar-refractivity contribution in [3.8, 4) is 0 Å². The zero-order valence-electron chi connectivity index (χ0n) is 17.8. The van der Waals surface area contributed by atoms with Crippen LogP contribution in [0.3, 0.4) is 0 Å². The van der Waals surface area contributed by atoms with Crippen LogP contribution in [0.25, 0.3) is 32.3 Å². The first-order chi connectivity index (χ1) is 15.8. The van der Waals surface area contributed by atoms with Crippen molar-refractivity contribution >= 4 is 61.4 Å². The zero-order valence-corrected chi connectivity index (χ0v) is 18.7. The average Bonchev–Trinajstić information content (AvgIpc) is 2.87. The average molecular weight is 426 g/mol. The lowest BCUT2D eigenvalue weighted by molar-refractivity contribution is 1.76.